The maximum absolute atomic E-state index is 13.5. The number of aromatic nitrogens is 3. The van der Waals surface area contributed by atoms with Gasteiger partial charge in [-0.2, -0.15) is 0 Å². The number of nitrogens with zero attached hydrogens (tertiary/aromatic N) is 3. The molecule has 0 aliphatic heterocycles. The number of imidazole rings is 1. The first kappa shape index (κ1) is 23.4. The first-order valence-electron chi connectivity index (χ1n) is 12.0. The van der Waals surface area contributed by atoms with Gasteiger partial charge in [-0.25, -0.2) is 14.4 Å². The van der Waals surface area contributed by atoms with E-state index in [9.17, 15) is 9.18 Å². The standard InChI is InChI=1S/C29H28FN3OS/c1-19-6-9-22(10-7-19)27-18-33(24-13-11-23(30)12-14-24)29(32-27)17-25(34)16-21-4-3-5-26-28(15-8-21)35-20(2)31-26/h6-7,9-14,16,18H,3-5,8,15,17H2,1-2H3/b21-16+. The van der Waals surface area contributed by atoms with E-state index in [2.05, 4.69) is 11.9 Å². The molecule has 4 aromatic rings. The van der Waals surface area contributed by atoms with Crippen LogP contribution in [-0.2, 0) is 24.1 Å². The van der Waals surface area contributed by atoms with Crippen molar-refractivity contribution in [2.75, 3.05) is 0 Å². The maximum atomic E-state index is 13.5. The van der Waals surface area contributed by atoms with E-state index in [0.29, 0.717) is 5.82 Å². The van der Waals surface area contributed by atoms with Gasteiger partial charge in [0.05, 0.1) is 22.8 Å². The SMILES string of the molecule is Cc1ccc(-c2cn(-c3ccc(F)cc3)c(CC(=O)/C=C3\CCCc4nc(C)sc4CC3)n2)cc1. The molecule has 2 heterocycles. The summed E-state index contributed by atoms with van der Waals surface area (Å²) >= 11 is 1.78. The lowest BCUT2D eigenvalue weighted by Gasteiger charge is -2.12. The largest absolute Gasteiger partial charge is 0.303 e. The lowest BCUT2D eigenvalue weighted by atomic mass is 9.96. The van der Waals surface area contributed by atoms with Gasteiger partial charge in [0.25, 0.3) is 0 Å². The van der Waals surface area contributed by atoms with E-state index in [0.717, 1.165) is 54.1 Å². The minimum Gasteiger partial charge on any atom is -0.303 e. The number of fused-ring (bicyclic) bond motifs is 1. The number of carbonyl (C=O) groups excluding carboxylic acids is 1. The second-order valence-corrected chi connectivity index (χ2v) is 10.4. The minimum absolute atomic E-state index is 0.0469. The molecule has 0 fully saturated rings. The molecule has 1 aliphatic carbocycles. The van der Waals surface area contributed by atoms with Gasteiger partial charge in [-0.3, -0.25) is 4.79 Å². The summed E-state index contributed by atoms with van der Waals surface area (Å²) in [7, 11) is 0. The van der Waals surface area contributed by atoms with Crippen LogP contribution < -0.4 is 0 Å². The number of ketones is 1. The summed E-state index contributed by atoms with van der Waals surface area (Å²) in [6, 6.07) is 14.4. The van der Waals surface area contributed by atoms with Crippen LogP contribution in [0.5, 0.6) is 0 Å². The third kappa shape index (κ3) is 5.49. The highest BCUT2D eigenvalue weighted by Gasteiger charge is 2.17. The highest BCUT2D eigenvalue weighted by atomic mass is 32.1. The van der Waals surface area contributed by atoms with Gasteiger partial charge in [0.2, 0.25) is 0 Å². The molecule has 0 amide bonds. The van der Waals surface area contributed by atoms with Gasteiger partial charge in [-0.1, -0.05) is 35.4 Å². The van der Waals surface area contributed by atoms with E-state index in [1.54, 1.807) is 23.5 Å². The summed E-state index contributed by atoms with van der Waals surface area (Å²) in [5.74, 6) is 0.407. The molecule has 5 rings (SSSR count). The Kier molecular flexibility index (Phi) is 6.73. The van der Waals surface area contributed by atoms with E-state index in [4.69, 9.17) is 4.98 Å². The molecule has 2 aromatic carbocycles. The molecule has 0 radical (unpaired) electrons. The molecule has 35 heavy (non-hydrogen) atoms. The summed E-state index contributed by atoms with van der Waals surface area (Å²) < 4.78 is 15.4. The third-order valence-electron chi connectivity index (χ3n) is 6.40. The molecule has 0 atom stereocenters. The average Bonchev–Trinajstić information content (AvgIpc) is 3.39. The molecular weight excluding hydrogens is 457 g/mol. The van der Waals surface area contributed by atoms with Crippen molar-refractivity contribution in [1.29, 1.82) is 0 Å². The van der Waals surface area contributed by atoms with E-state index in [1.165, 1.54) is 33.8 Å². The predicted molar refractivity (Wildman–Crippen MR) is 139 cm³/mol. The highest BCUT2D eigenvalue weighted by Crippen LogP contribution is 2.28. The number of aryl methyl sites for hydroxylation is 4. The average molecular weight is 486 g/mol. The summed E-state index contributed by atoms with van der Waals surface area (Å²) in [6.07, 6.45) is 8.69. The quantitative estimate of drug-likeness (QED) is 0.294. The Bertz CT molecular complexity index is 1380. The van der Waals surface area contributed by atoms with Gasteiger partial charge < -0.3 is 4.57 Å². The van der Waals surface area contributed by atoms with Crippen molar-refractivity contribution in [3.8, 4) is 16.9 Å². The minimum atomic E-state index is -0.293. The summed E-state index contributed by atoms with van der Waals surface area (Å²) in [5.41, 5.74) is 6.18. The molecule has 0 saturated carbocycles. The van der Waals surface area contributed by atoms with Crippen LogP contribution >= 0.6 is 11.3 Å². The second-order valence-electron chi connectivity index (χ2n) is 9.16. The molecule has 0 N–H and O–H groups in total. The molecule has 2 aromatic heterocycles. The van der Waals surface area contributed by atoms with Crippen LogP contribution in [0.15, 0.2) is 66.4 Å². The van der Waals surface area contributed by atoms with Crippen LogP contribution in [0.4, 0.5) is 4.39 Å². The Balaban J connectivity index is 1.40. The molecule has 1 aliphatic rings. The number of hydrogen-bond donors (Lipinski definition) is 0. The molecule has 0 unspecified atom stereocenters. The van der Waals surface area contributed by atoms with Crippen molar-refractivity contribution in [2.45, 2.75) is 52.4 Å². The number of benzene rings is 2. The van der Waals surface area contributed by atoms with E-state index < -0.39 is 0 Å². The van der Waals surface area contributed by atoms with Crippen LogP contribution in [0, 0.1) is 19.7 Å². The number of thiazole rings is 1. The molecule has 6 heteroatoms. The fourth-order valence-electron chi connectivity index (χ4n) is 4.60. The van der Waals surface area contributed by atoms with Crippen LogP contribution in [0.2, 0.25) is 0 Å². The zero-order chi connectivity index (χ0) is 24.4. The summed E-state index contributed by atoms with van der Waals surface area (Å²) in [5, 5.41) is 1.12. The Hall–Kier alpha value is -3.38. The van der Waals surface area contributed by atoms with Crippen LogP contribution in [-0.4, -0.2) is 20.3 Å². The first-order valence-corrected chi connectivity index (χ1v) is 12.8. The number of carbonyl (C=O) groups is 1. The van der Waals surface area contributed by atoms with Crippen molar-refractivity contribution in [3.63, 3.8) is 0 Å². The summed E-state index contributed by atoms with van der Waals surface area (Å²) in [6.45, 7) is 4.11. The highest BCUT2D eigenvalue weighted by molar-refractivity contribution is 7.11. The molecular formula is C29H28FN3OS. The monoisotopic (exact) mass is 485 g/mol. The van der Waals surface area contributed by atoms with Crippen molar-refractivity contribution in [2.24, 2.45) is 0 Å². The lowest BCUT2D eigenvalue weighted by Crippen LogP contribution is -2.08. The zero-order valence-corrected chi connectivity index (χ0v) is 20.9. The number of rotatable bonds is 5. The number of halogens is 1. The smallest absolute Gasteiger partial charge is 0.163 e. The van der Waals surface area contributed by atoms with E-state index in [1.807, 2.05) is 48.0 Å². The van der Waals surface area contributed by atoms with Crippen molar-refractivity contribution in [1.82, 2.24) is 14.5 Å². The number of hydrogen-bond acceptors (Lipinski definition) is 4. The molecule has 0 bridgehead atoms. The topological polar surface area (TPSA) is 47.8 Å². The van der Waals surface area contributed by atoms with Gasteiger partial charge in [0.15, 0.2) is 5.78 Å². The molecule has 178 valence electrons. The lowest BCUT2D eigenvalue weighted by molar-refractivity contribution is -0.114. The van der Waals surface area contributed by atoms with Crippen molar-refractivity contribution < 1.29 is 9.18 Å². The normalized spacial score (nSPS) is 15.0. The van der Waals surface area contributed by atoms with Gasteiger partial charge in [-0.05, 0) is 76.3 Å². The van der Waals surface area contributed by atoms with Gasteiger partial charge in [0, 0.05) is 22.3 Å². The van der Waals surface area contributed by atoms with Crippen molar-refractivity contribution >= 4 is 17.1 Å². The Morgan fingerprint density at radius 1 is 1.00 bits per heavy atom. The maximum Gasteiger partial charge on any atom is 0.163 e. The Labute approximate surface area is 209 Å². The third-order valence-corrected chi connectivity index (χ3v) is 7.47. The fourth-order valence-corrected chi connectivity index (χ4v) is 5.58. The molecule has 0 spiro atoms. The van der Waals surface area contributed by atoms with E-state index >= 15 is 0 Å². The van der Waals surface area contributed by atoms with Gasteiger partial charge >= 0.3 is 0 Å². The van der Waals surface area contributed by atoms with Gasteiger partial charge in [0.1, 0.15) is 11.6 Å². The molecule has 0 saturated heterocycles. The molecule has 4 nitrogen and oxygen atoms in total. The fraction of sp³-hybridized carbons (Fsp3) is 0.276. The summed E-state index contributed by atoms with van der Waals surface area (Å²) in [4.78, 5) is 24.0. The van der Waals surface area contributed by atoms with E-state index in [-0.39, 0.29) is 18.0 Å². The number of allylic oxidation sites excluding steroid dienone is 2. The predicted octanol–water partition coefficient (Wildman–Crippen LogP) is 6.76. The van der Waals surface area contributed by atoms with Crippen molar-refractivity contribution in [3.05, 3.63) is 99.2 Å². The van der Waals surface area contributed by atoms with Crippen LogP contribution in [0.3, 0.4) is 0 Å². The van der Waals surface area contributed by atoms with Crippen LogP contribution in [0.25, 0.3) is 16.9 Å². The Morgan fingerprint density at radius 2 is 1.77 bits per heavy atom. The zero-order valence-electron chi connectivity index (χ0n) is 20.1. The van der Waals surface area contributed by atoms with Gasteiger partial charge in [-0.15, -0.1) is 11.3 Å². The van der Waals surface area contributed by atoms with Crippen LogP contribution in [0.1, 0.15) is 46.2 Å². The second kappa shape index (κ2) is 10.1. The Morgan fingerprint density at radius 3 is 2.54 bits per heavy atom. The first-order chi connectivity index (χ1) is 16.9.